The largest absolute Gasteiger partial charge is 0.435 e. The number of nitrogens with zero attached hydrogens (tertiary/aromatic N) is 2. The van der Waals surface area contributed by atoms with Crippen molar-refractivity contribution in [2.75, 3.05) is 5.32 Å². The van der Waals surface area contributed by atoms with Gasteiger partial charge in [-0.15, -0.1) is 0 Å². The Morgan fingerprint density at radius 3 is 2.05 bits per heavy atom. The predicted octanol–water partition coefficient (Wildman–Crippen LogP) is 7.22. The van der Waals surface area contributed by atoms with Crippen molar-refractivity contribution >= 4 is 58.2 Å². The molecule has 1 aliphatic carbocycles. The Hall–Kier alpha value is -3.08. The Morgan fingerprint density at radius 2 is 1.61 bits per heavy atom. The molecule has 1 aliphatic rings. The van der Waals surface area contributed by atoms with Gasteiger partial charge in [0.15, 0.2) is 0 Å². The van der Waals surface area contributed by atoms with Crippen LogP contribution in [0.5, 0.6) is 0 Å². The maximum absolute atomic E-state index is 14.4. The monoisotopic (exact) mass is 601 g/mol. The van der Waals surface area contributed by atoms with Gasteiger partial charge in [-0.05, 0) is 31.0 Å². The van der Waals surface area contributed by atoms with Gasteiger partial charge >= 0.3 is 18.0 Å². The summed E-state index contributed by atoms with van der Waals surface area (Å²) in [5.41, 5.74) is -9.02. The van der Waals surface area contributed by atoms with Crippen LogP contribution in [0.4, 0.5) is 36.4 Å². The minimum atomic E-state index is -6.36. The number of nitriles is 1. The molecule has 0 atom stereocenters. The third-order valence-corrected chi connectivity index (χ3v) is 6.38. The van der Waals surface area contributed by atoms with Crippen molar-refractivity contribution in [2.45, 2.75) is 36.4 Å². The average Bonchev–Trinajstić information content (AvgIpc) is 3.59. The van der Waals surface area contributed by atoms with E-state index >= 15 is 0 Å². The number of carbonyl (C=O) groups is 1. The lowest BCUT2D eigenvalue weighted by Crippen LogP contribution is -2.50. The number of nitrogens with one attached hydrogen (secondary N) is 3. The van der Waals surface area contributed by atoms with Gasteiger partial charge in [0.2, 0.25) is 0 Å². The summed E-state index contributed by atoms with van der Waals surface area (Å²) < 4.78 is 92.9. The molecule has 38 heavy (non-hydrogen) atoms. The maximum Gasteiger partial charge on any atom is 0.435 e. The maximum atomic E-state index is 14.4. The highest BCUT2D eigenvalue weighted by molar-refractivity contribution is 6.39. The SMILES string of the molecule is N#CC1(NC(=O)c2cc(/C(C=N)=C/Nc3c(Cl)cc(C(F)(C(F)(F)F)C(F)(F)F)cc3Cl)cnc2Cl)CC1. The van der Waals surface area contributed by atoms with Crippen LogP contribution in [-0.4, -0.2) is 35.0 Å². The van der Waals surface area contributed by atoms with Crippen molar-refractivity contribution in [3.63, 3.8) is 0 Å². The molecule has 1 aromatic heterocycles. The number of allylic oxidation sites excluding steroid dienone is 1. The highest BCUT2D eigenvalue weighted by atomic mass is 35.5. The lowest BCUT2D eigenvalue weighted by Gasteiger charge is -2.30. The summed E-state index contributed by atoms with van der Waals surface area (Å²) in [6.07, 6.45) is -8.84. The molecule has 6 nitrogen and oxygen atoms in total. The van der Waals surface area contributed by atoms with Crippen LogP contribution in [0.25, 0.3) is 5.57 Å². The van der Waals surface area contributed by atoms with Gasteiger partial charge in [0.25, 0.3) is 5.91 Å². The minimum Gasteiger partial charge on any atom is -0.359 e. The Balaban J connectivity index is 1.95. The van der Waals surface area contributed by atoms with Gasteiger partial charge in [0.05, 0.1) is 27.4 Å². The number of benzene rings is 1. The fourth-order valence-corrected chi connectivity index (χ4v) is 3.98. The molecular formula is C22H13Cl3F7N5O. The van der Waals surface area contributed by atoms with Crippen LogP contribution in [0.2, 0.25) is 15.2 Å². The van der Waals surface area contributed by atoms with Crippen LogP contribution in [-0.2, 0) is 5.67 Å². The van der Waals surface area contributed by atoms with E-state index in [9.17, 15) is 35.5 Å². The number of pyridine rings is 1. The molecule has 3 rings (SSSR count). The van der Waals surface area contributed by atoms with Crippen LogP contribution in [0, 0.1) is 16.7 Å². The second-order valence-electron chi connectivity index (χ2n) is 8.07. The van der Waals surface area contributed by atoms with Crippen LogP contribution in [0.1, 0.15) is 34.3 Å². The zero-order valence-corrected chi connectivity index (χ0v) is 20.7. The number of rotatable bonds is 7. The van der Waals surface area contributed by atoms with E-state index in [2.05, 4.69) is 15.6 Å². The zero-order chi connectivity index (χ0) is 28.7. The van der Waals surface area contributed by atoms with Gasteiger partial charge in [-0.1, -0.05) is 34.8 Å². The molecule has 16 heteroatoms. The Kier molecular flexibility index (Phi) is 7.94. The summed E-state index contributed by atoms with van der Waals surface area (Å²) in [7, 11) is 0. The number of aromatic nitrogens is 1. The van der Waals surface area contributed by atoms with E-state index in [-0.39, 0.29) is 34.0 Å². The first-order valence-corrected chi connectivity index (χ1v) is 11.3. The van der Waals surface area contributed by atoms with E-state index in [0.29, 0.717) is 12.8 Å². The van der Waals surface area contributed by atoms with E-state index in [1.807, 2.05) is 6.07 Å². The molecule has 0 radical (unpaired) electrons. The number of hydrogen-bond donors (Lipinski definition) is 3. The number of carbonyl (C=O) groups excluding carboxylic acids is 1. The topological polar surface area (TPSA) is 102 Å². The first-order valence-electron chi connectivity index (χ1n) is 10.2. The van der Waals surface area contributed by atoms with Crippen molar-refractivity contribution in [1.29, 1.82) is 10.7 Å². The normalized spacial score (nSPS) is 15.4. The number of alkyl halides is 7. The molecule has 0 aliphatic heterocycles. The van der Waals surface area contributed by atoms with E-state index in [4.69, 9.17) is 45.5 Å². The molecule has 1 aromatic carbocycles. The second kappa shape index (κ2) is 10.2. The second-order valence-corrected chi connectivity index (χ2v) is 9.24. The predicted molar refractivity (Wildman–Crippen MR) is 126 cm³/mol. The number of amides is 1. The Bertz CT molecular complexity index is 1330. The quantitative estimate of drug-likeness (QED) is 0.177. The van der Waals surface area contributed by atoms with Gasteiger partial charge < -0.3 is 16.0 Å². The summed E-state index contributed by atoms with van der Waals surface area (Å²) >= 11 is 17.7. The smallest absolute Gasteiger partial charge is 0.359 e. The summed E-state index contributed by atoms with van der Waals surface area (Å²) in [5.74, 6) is -0.702. The molecule has 1 fully saturated rings. The van der Waals surface area contributed by atoms with Crippen molar-refractivity contribution in [2.24, 2.45) is 0 Å². The lowest BCUT2D eigenvalue weighted by atomic mass is 9.94. The van der Waals surface area contributed by atoms with E-state index in [0.717, 1.165) is 12.4 Å². The first-order chi connectivity index (χ1) is 17.5. The molecule has 0 saturated heterocycles. The van der Waals surface area contributed by atoms with Crippen molar-refractivity contribution < 1.29 is 35.5 Å². The molecule has 1 amide bonds. The third-order valence-electron chi connectivity index (χ3n) is 5.48. The molecule has 0 unspecified atom stereocenters. The van der Waals surface area contributed by atoms with Crippen molar-refractivity contribution in [3.8, 4) is 6.07 Å². The van der Waals surface area contributed by atoms with Crippen LogP contribution < -0.4 is 10.6 Å². The highest BCUT2D eigenvalue weighted by Gasteiger charge is 2.73. The fourth-order valence-electron chi connectivity index (χ4n) is 3.20. The van der Waals surface area contributed by atoms with Gasteiger partial charge in [-0.2, -0.15) is 31.6 Å². The van der Waals surface area contributed by atoms with E-state index in [1.54, 1.807) is 0 Å². The van der Waals surface area contributed by atoms with Gasteiger partial charge in [-0.3, -0.25) is 4.79 Å². The number of anilines is 1. The highest BCUT2D eigenvalue weighted by Crippen LogP contribution is 2.54. The molecule has 3 N–H and O–H groups in total. The van der Waals surface area contributed by atoms with Crippen LogP contribution in [0.15, 0.2) is 30.6 Å². The number of hydrogen-bond acceptors (Lipinski definition) is 5. The summed E-state index contributed by atoms with van der Waals surface area (Å²) in [6.45, 7) is 0. The summed E-state index contributed by atoms with van der Waals surface area (Å²) in [6, 6.07) is 3.47. The minimum absolute atomic E-state index is 0.00809. The number of halogens is 10. The van der Waals surface area contributed by atoms with E-state index in [1.165, 1.54) is 12.3 Å². The first kappa shape index (κ1) is 29.5. The molecule has 1 saturated carbocycles. The zero-order valence-electron chi connectivity index (χ0n) is 18.5. The lowest BCUT2D eigenvalue weighted by molar-refractivity contribution is -0.348. The molecule has 202 valence electrons. The Morgan fingerprint density at radius 1 is 1.05 bits per heavy atom. The molecule has 0 spiro atoms. The summed E-state index contributed by atoms with van der Waals surface area (Å²) in [4.78, 5) is 16.4. The Labute approximate surface area is 224 Å². The van der Waals surface area contributed by atoms with E-state index < -0.39 is 50.8 Å². The molecule has 2 aromatic rings. The van der Waals surface area contributed by atoms with Crippen LogP contribution in [0.3, 0.4) is 0 Å². The van der Waals surface area contributed by atoms with Crippen LogP contribution >= 0.6 is 34.8 Å². The molecular weight excluding hydrogens is 590 g/mol. The molecule has 0 bridgehead atoms. The van der Waals surface area contributed by atoms with Gasteiger partial charge in [-0.25, -0.2) is 9.37 Å². The standard InChI is InChI=1S/C22H13Cl3F7N5O/c23-14-4-12(20(26,21(27,28)29)22(30,31)32)5-15(24)16(14)35-8-11(6-33)10-3-13(17(25)36-7-10)18(38)37-19(9-34)1-2-19/h3-8,33,35H,1-2H2,(H,37,38)/b11-8+,33-6?. The fraction of sp³-hybridized carbons (Fsp3) is 0.273. The average molecular weight is 603 g/mol. The van der Waals surface area contributed by atoms with Crippen molar-refractivity contribution in [3.05, 3.63) is 62.5 Å². The third kappa shape index (κ3) is 5.52. The van der Waals surface area contributed by atoms with Gasteiger partial charge in [0, 0.05) is 35.3 Å². The summed E-state index contributed by atoms with van der Waals surface area (Å²) in [5, 5.41) is 20.0. The van der Waals surface area contributed by atoms with Crippen molar-refractivity contribution in [1.82, 2.24) is 10.3 Å². The molecule has 1 heterocycles. The van der Waals surface area contributed by atoms with Gasteiger partial charge in [0.1, 0.15) is 10.7 Å².